The van der Waals surface area contributed by atoms with E-state index in [1.165, 1.54) is 25.7 Å². The Morgan fingerprint density at radius 1 is 1.32 bits per heavy atom. The number of rotatable bonds is 3. The summed E-state index contributed by atoms with van der Waals surface area (Å²) in [6, 6.07) is 0. The molecule has 0 aromatic carbocycles. The van der Waals surface area contributed by atoms with E-state index in [1.54, 1.807) is 0 Å². The molecule has 0 aromatic heterocycles. The molecule has 0 aromatic rings. The van der Waals surface area contributed by atoms with Gasteiger partial charge in [0.2, 0.25) is 5.91 Å². The van der Waals surface area contributed by atoms with E-state index in [0.29, 0.717) is 18.8 Å². The van der Waals surface area contributed by atoms with E-state index < -0.39 is 15.4 Å². The predicted octanol–water partition coefficient (Wildman–Crippen LogP) is 1.51. The summed E-state index contributed by atoms with van der Waals surface area (Å²) in [7, 11) is -2.95. The average Bonchev–Trinajstić information content (AvgIpc) is 2.92. The lowest BCUT2D eigenvalue weighted by molar-refractivity contribution is -0.123. The number of sulfone groups is 1. The molecule has 0 spiro atoms. The first kappa shape index (κ1) is 13.4. The first-order chi connectivity index (χ1) is 8.85. The molecule has 3 rings (SSSR count). The lowest BCUT2D eigenvalue weighted by atomic mass is 9.86. The molecule has 2 aliphatic carbocycles. The predicted molar refractivity (Wildman–Crippen MR) is 73.4 cm³/mol. The summed E-state index contributed by atoms with van der Waals surface area (Å²) in [4.78, 5) is 12.1. The number of fused-ring (bicyclic) bond motifs is 2. The lowest BCUT2D eigenvalue weighted by Gasteiger charge is -2.27. The van der Waals surface area contributed by atoms with Crippen LogP contribution in [-0.2, 0) is 14.6 Å². The Bertz CT molecular complexity index is 487. The van der Waals surface area contributed by atoms with Gasteiger partial charge in [0.1, 0.15) is 0 Å². The molecule has 0 unspecified atom stereocenters. The second-order valence-corrected chi connectivity index (χ2v) is 9.27. The van der Waals surface area contributed by atoms with Gasteiger partial charge in [-0.05, 0) is 50.4 Å². The fourth-order valence-corrected chi connectivity index (χ4v) is 6.45. The Morgan fingerprint density at radius 2 is 2.11 bits per heavy atom. The second kappa shape index (κ2) is 4.47. The standard InChI is InChI=1S/C14H23NO3S/c1-14(4-5-19(17,18)9-14)15-13(16)8-12-7-10-2-3-11(12)6-10/h10-12H,2-9H2,1H3,(H,15,16)/t10-,11-,12+,14-/m0/s1. The summed E-state index contributed by atoms with van der Waals surface area (Å²) in [6.45, 7) is 1.86. The van der Waals surface area contributed by atoms with Gasteiger partial charge in [-0.2, -0.15) is 0 Å². The molecule has 2 saturated carbocycles. The molecule has 1 saturated heterocycles. The number of carbonyl (C=O) groups is 1. The van der Waals surface area contributed by atoms with Crippen LogP contribution in [0.15, 0.2) is 0 Å². The van der Waals surface area contributed by atoms with Crippen molar-refractivity contribution in [2.24, 2.45) is 17.8 Å². The van der Waals surface area contributed by atoms with Crippen LogP contribution >= 0.6 is 0 Å². The first-order valence-electron chi connectivity index (χ1n) is 7.37. The minimum absolute atomic E-state index is 0.0529. The molecule has 3 aliphatic rings. The van der Waals surface area contributed by atoms with Gasteiger partial charge in [-0.25, -0.2) is 8.42 Å². The third kappa shape index (κ3) is 2.81. The summed E-state index contributed by atoms with van der Waals surface area (Å²) in [5, 5.41) is 2.98. The van der Waals surface area contributed by atoms with Crippen LogP contribution in [0.2, 0.25) is 0 Å². The van der Waals surface area contributed by atoms with Crippen LogP contribution in [0.3, 0.4) is 0 Å². The zero-order chi connectivity index (χ0) is 13.7. The molecule has 4 nitrogen and oxygen atoms in total. The fraction of sp³-hybridized carbons (Fsp3) is 0.929. The largest absolute Gasteiger partial charge is 0.350 e. The SMILES string of the molecule is C[C@]1(NC(=O)C[C@H]2C[C@H]3CC[C@H]2C3)CCS(=O)(=O)C1. The third-order valence-corrected chi connectivity index (χ3v) is 7.18. The van der Waals surface area contributed by atoms with Crippen molar-refractivity contribution >= 4 is 15.7 Å². The number of carbonyl (C=O) groups excluding carboxylic acids is 1. The monoisotopic (exact) mass is 285 g/mol. The molecule has 0 radical (unpaired) electrons. The number of nitrogens with one attached hydrogen (secondary N) is 1. The van der Waals surface area contributed by atoms with Crippen molar-refractivity contribution < 1.29 is 13.2 Å². The highest BCUT2D eigenvalue weighted by molar-refractivity contribution is 7.91. The molecule has 108 valence electrons. The van der Waals surface area contributed by atoms with Crippen molar-refractivity contribution in [3.63, 3.8) is 0 Å². The minimum Gasteiger partial charge on any atom is -0.350 e. The normalized spacial score (nSPS) is 43.5. The molecule has 19 heavy (non-hydrogen) atoms. The van der Waals surface area contributed by atoms with Crippen LogP contribution in [0.1, 0.15) is 45.4 Å². The van der Waals surface area contributed by atoms with Gasteiger partial charge in [0.25, 0.3) is 0 Å². The summed E-state index contributed by atoms with van der Waals surface area (Å²) in [6.07, 6.45) is 6.29. The molecule has 1 aliphatic heterocycles. The second-order valence-electron chi connectivity index (χ2n) is 7.09. The van der Waals surface area contributed by atoms with Crippen LogP contribution in [-0.4, -0.2) is 31.4 Å². The summed E-state index contributed by atoms with van der Waals surface area (Å²) >= 11 is 0. The molecule has 3 fully saturated rings. The smallest absolute Gasteiger partial charge is 0.220 e. The van der Waals surface area contributed by atoms with E-state index in [-0.39, 0.29) is 17.4 Å². The van der Waals surface area contributed by atoms with Gasteiger partial charge in [-0.1, -0.05) is 6.42 Å². The highest BCUT2D eigenvalue weighted by atomic mass is 32.2. The average molecular weight is 285 g/mol. The van der Waals surface area contributed by atoms with Crippen LogP contribution in [0, 0.1) is 17.8 Å². The van der Waals surface area contributed by atoms with Crippen LogP contribution in [0.5, 0.6) is 0 Å². The molecule has 2 bridgehead atoms. The van der Waals surface area contributed by atoms with Gasteiger partial charge >= 0.3 is 0 Å². The lowest BCUT2D eigenvalue weighted by Crippen LogP contribution is -2.47. The molecule has 1 amide bonds. The molecule has 4 atom stereocenters. The Hall–Kier alpha value is -0.580. The van der Waals surface area contributed by atoms with Gasteiger partial charge in [0.05, 0.1) is 17.0 Å². The van der Waals surface area contributed by atoms with E-state index in [2.05, 4.69) is 5.32 Å². The molecule has 1 N–H and O–H groups in total. The first-order valence-corrected chi connectivity index (χ1v) is 9.19. The zero-order valence-electron chi connectivity index (χ0n) is 11.5. The Morgan fingerprint density at radius 3 is 2.63 bits per heavy atom. The fourth-order valence-electron chi connectivity index (χ4n) is 4.36. The van der Waals surface area contributed by atoms with Gasteiger partial charge in [-0.3, -0.25) is 4.79 Å². The van der Waals surface area contributed by atoms with Gasteiger partial charge < -0.3 is 5.32 Å². The quantitative estimate of drug-likeness (QED) is 0.855. The van der Waals surface area contributed by atoms with Crippen LogP contribution in [0.4, 0.5) is 0 Å². The van der Waals surface area contributed by atoms with Crippen molar-refractivity contribution in [1.29, 1.82) is 0 Å². The van der Waals surface area contributed by atoms with Crippen LogP contribution < -0.4 is 5.32 Å². The van der Waals surface area contributed by atoms with E-state index in [1.807, 2.05) is 6.92 Å². The highest BCUT2D eigenvalue weighted by Crippen LogP contribution is 2.49. The van der Waals surface area contributed by atoms with Crippen molar-refractivity contribution in [2.45, 2.75) is 51.0 Å². The number of hydrogen-bond acceptors (Lipinski definition) is 3. The number of hydrogen-bond donors (Lipinski definition) is 1. The maximum absolute atomic E-state index is 12.1. The summed E-state index contributed by atoms with van der Waals surface area (Å²) < 4.78 is 23.1. The zero-order valence-corrected chi connectivity index (χ0v) is 12.3. The Kier molecular flexibility index (Phi) is 3.15. The summed E-state index contributed by atoms with van der Waals surface area (Å²) in [5.41, 5.74) is -0.534. The number of amides is 1. The topological polar surface area (TPSA) is 63.2 Å². The van der Waals surface area contributed by atoms with Crippen molar-refractivity contribution in [3.05, 3.63) is 0 Å². The van der Waals surface area contributed by atoms with Crippen molar-refractivity contribution in [2.75, 3.05) is 11.5 Å². The minimum atomic E-state index is -2.95. The maximum Gasteiger partial charge on any atom is 0.220 e. The van der Waals surface area contributed by atoms with E-state index >= 15 is 0 Å². The summed E-state index contributed by atoms with van der Waals surface area (Å²) in [5.74, 6) is 2.50. The maximum atomic E-state index is 12.1. The molecule has 1 heterocycles. The van der Waals surface area contributed by atoms with Crippen molar-refractivity contribution in [3.8, 4) is 0 Å². The Balaban J connectivity index is 1.54. The van der Waals surface area contributed by atoms with E-state index in [9.17, 15) is 13.2 Å². The highest BCUT2D eigenvalue weighted by Gasteiger charge is 2.42. The van der Waals surface area contributed by atoms with Crippen LogP contribution in [0.25, 0.3) is 0 Å². The molecular formula is C14H23NO3S. The van der Waals surface area contributed by atoms with Gasteiger partial charge in [0.15, 0.2) is 9.84 Å². The van der Waals surface area contributed by atoms with E-state index in [0.717, 1.165) is 11.8 Å². The van der Waals surface area contributed by atoms with Gasteiger partial charge in [-0.15, -0.1) is 0 Å². The van der Waals surface area contributed by atoms with Gasteiger partial charge in [0, 0.05) is 6.42 Å². The molecular weight excluding hydrogens is 262 g/mol. The van der Waals surface area contributed by atoms with E-state index in [4.69, 9.17) is 0 Å². The van der Waals surface area contributed by atoms with Crippen molar-refractivity contribution in [1.82, 2.24) is 5.32 Å². The molecule has 5 heteroatoms. The Labute approximate surface area is 115 Å². The third-order valence-electron chi connectivity index (χ3n) is 5.28.